The summed E-state index contributed by atoms with van der Waals surface area (Å²) in [5.74, 6) is -0.182. The number of carbonyl (C=O) groups excluding carboxylic acids is 1. The number of hydrazone groups is 1. The summed E-state index contributed by atoms with van der Waals surface area (Å²) in [6, 6.07) is 13.9. The smallest absolute Gasteiger partial charge is 0.271 e. The number of rotatable bonds is 4. The first kappa shape index (κ1) is 15.4. The van der Waals surface area contributed by atoms with E-state index in [0.29, 0.717) is 5.56 Å². The zero-order chi connectivity index (χ0) is 15.9. The predicted molar refractivity (Wildman–Crippen MR) is 89.2 cm³/mol. The Balaban J connectivity index is 1.48. The molecule has 1 aliphatic heterocycles. The summed E-state index contributed by atoms with van der Waals surface area (Å²) in [5.41, 5.74) is 5.67. The highest BCUT2D eigenvalue weighted by Gasteiger charge is 2.18. The van der Waals surface area contributed by atoms with Crippen molar-refractivity contribution >= 4 is 11.6 Å². The van der Waals surface area contributed by atoms with E-state index in [4.69, 9.17) is 0 Å². The molecule has 3 rings (SSSR count). The molecule has 0 atom stereocenters. The number of nitrogens with one attached hydrogen (secondary N) is 2. The molecular formula is C18H21N4O+. The number of pyridine rings is 1. The van der Waals surface area contributed by atoms with Crippen molar-refractivity contribution in [2.24, 2.45) is 5.10 Å². The largest absolute Gasteiger partial charge is 0.331 e. The van der Waals surface area contributed by atoms with Crippen LogP contribution in [0, 0.1) is 0 Å². The first-order valence-electron chi connectivity index (χ1n) is 7.94. The van der Waals surface area contributed by atoms with E-state index < -0.39 is 0 Å². The Morgan fingerprint density at radius 1 is 1.09 bits per heavy atom. The van der Waals surface area contributed by atoms with Crippen LogP contribution in [0.2, 0.25) is 0 Å². The fourth-order valence-electron chi connectivity index (χ4n) is 2.76. The molecule has 2 N–H and O–H groups in total. The number of aromatic nitrogens is 1. The molecule has 0 spiro atoms. The van der Waals surface area contributed by atoms with Gasteiger partial charge >= 0.3 is 0 Å². The normalized spacial score (nSPS) is 17.6. The van der Waals surface area contributed by atoms with Crippen molar-refractivity contribution in [3.05, 3.63) is 66.0 Å². The lowest BCUT2D eigenvalue weighted by Crippen LogP contribution is -3.11. The Hall–Kier alpha value is -2.53. The number of carbonyl (C=O) groups is 1. The first-order valence-corrected chi connectivity index (χ1v) is 7.94. The molecule has 0 saturated carbocycles. The van der Waals surface area contributed by atoms with E-state index in [0.717, 1.165) is 38.2 Å². The summed E-state index contributed by atoms with van der Waals surface area (Å²) in [4.78, 5) is 17.4. The quantitative estimate of drug-likeness (QED) is 0.829. The third-order valence-corrected chi connectivity index (χ3v) is 4.09. The summed E-state index contributed by atoms with van der Waals surface area (Å²) < 4.78 is 0. The van der Waals surface area contributed by atoms with Gasteiger partial charge in [0.1, 0.15) is 6.54 Å². The maximum absolute atomic E-state index is 11.9. The third kappa shape index (κ3) is 4.47. The van der Waals surface area contributed by atoms with E-state index in [1.807, 2.05) is 6.07 Å². The number of likely N-dealkylation sites (tertiary alicyclic amines) is 1. The molecular weight excluding hydrogens is 288 g/mol. The zero-order valence-electron chi connectivity index (χ0n) is 13.0. The lowest BCUT2D eigenvalue weighted by molar-refractivity contribution is -0.914. The van der Waals surface area contributed by atoms with Gasteiger partial charge in [0.25, 0.3) is 5.91 Å². The molecule has 0 radical (unpaired) electrons. The second-order valence-corrected chi connectivity index (χ2v) is 5.77. The van der Waals surface area contributed by atoms with Gasteiger partial charge in [0.15, 0.2) is 0 Å². The van der Waals surface area contributed by atoms with Crippen molar-refractivity contribution < 1.29 is 9.69 Å². The highest BCUT2D eigenvalue weighted by Crippen LogP contribution is 2.00. The van der Waals surface area contributed by atoms with Crippen molar-refractivity contribution in [3.63, 3.8) is 0 Å². The lowest BCUT2D eigenvalue weighted by Gasteiger charge is -2.24. The van der Waals surface area contributed by atoms with Gasteiger partial charge in [-0.3, -0.25) is 9.78 Å². The van der Waals surface area contributed by atoms with Gasteiger partial charge < -0.3 is 4.90 Å². The maximum Gasteiger partial charge on any atom is 0.271 e. The summed E-state index contributed by atoms with van der Waals surface area (Å²) >= 11 is 0. The van der Waals surface area contributed by atoms with Gasteiger partial charge in [0.2, 0.25) is 0 Å². The molecule has 2 aromatic rings. The second kappa shape index (κ2) is 7.65. The zero-order valence-corrected chi connectivity index (χ0v) is 13.0. The SMILES string of the molecule is O=C(NN=C1CC[NH+](Cc2ccccc2)CC1)c1ccncc1. The summed E-state index contributed by atoms with van der Waals surface area (Å²) in [6.45, 7) is 3.16. The molecule has 1 aliphatic rings. The van der Waals surface area contributed by atoms with Gasteiger partial charge in [0, 0.05) is 42.1 Å². The highest BCUT2D eigenvalue weighted by molar-refractivity contribution is 5.95. The summed E-state index contributed by atoms with van der Waals surface area (Å²) in [7, 11) is 0. The number of amides is 1. The van der Waals surface area contributed by atoms with Crippen LogP contribution in [0.3, 0.4) is 0 Å². The van der Waals surface area contributed by atoms with Crippen LogP contribution in [0.25, 0.3) is 0 Å². The summed E-state index contributed by atoms with van der Waals surface area (Å²) in [5, 5.41) is 4.28. The molecule has 118 valence electrons. The molecule has 0 unspecified atom stereocenters. The molecule has 23 heavy (non-hydrogen) atoms. The number of benzene rings is 1. The topological polar surface area (TPSA) is 58.8 Å². The van der Waals surface area contributed by atoms with Gasteiger partial charge in [-0.05, 0) is 12.1 Å². The molecule has 1 amide bonds. The first-order chi connectivity index (χ1) is 11.3. The fraction of sp³-hybridized carbons (Fsp3) is 0.278. The van der Waals surface area contributed by atoms with Crippen LogP contribution in [0.5, 0.6) is 0 Å². The maximum atomic E-state index is 11.9. The van der Waals surface area contributed by atoms with Crippen LogP contribution in [-0.4, -0.2) is 29.7 Å². The molecule has 5 heteroatoms. The Kier molecular flexibility index (Phi) is 5.11. The van der Waals surface area contributed by atoms with Crippen LogP contribution in [-0.2, 0) is 6.54 Å². The highest BCUT2D eigenvalue weighted by atomic mass is 16.2. The molecule has 0 aliphatic carbocycles. The Morgan fingerprint density at radius 2 is 1.78 bits per heavy atom. The van der Waals surface area contributed by atoms with E-state index in [9.17, 15) is 4.79 Å². The molecule has 1 fully saturated rings. The van der Waals surface area contributed by atoms with Crippen molar-refractivity contribution in [2.75, 3.05) is 13.1 Å². The van der Waals surface area contributed by atoms with E-state index in [1.165, 1.54) is 5.56 Å². The van der Waals surface area contributed by atoms with Gasteiger partial charge in [0.05, 0.1) is 13.1 Å². The van der Waals surface area contributed by atoms with Crippen molar-refractivity contribution in [3.8, 4) is 0 Å². The van der Waals surface area contributed by atoms with Crippen molar-refractivity contribution in [1.29, 1.82) is 0 Å². The predicted octanol–water partition coefficient (Wildman–Crippen LogP) is 1.05. The van der Waals surface area contributed by atoms with E-state index in [2.05, 4.69) is 39.8 Å². The number of hydrogen-bond acceptors (Lipinski definition) is 3. The Bertz CT molecular complexity index is 660. The minimum absolute atomic E-state index is 0.182. The van der Waals surface area contributed by atoms with Gasteiger partial charge in [-0.2, -0.15) is 5.10 Å². The van der Waals surface area contributed by atoms with Crippen LogP contribution >= 0.6 is 0 Å². The van der Waals surface area contributed by atoms with E-state index >= 15 is 0 Å². The van der Waals surface area contributed by atoms with Crippen LogP contribution in [0.15, 0.2) is 60.0 Å². The molecule has 1 saturated heterocycles. The molecule has 1 aromatic carbocycles. The average molecular weight is 309 g/mol. The number of hydrogen-bond donors (Lipinski definition) is 2. The number of nitrogens with zero attached hydrogens (tertiary/aromatic N) is 2. The second-order valence-electron chi connectivity index (χ2n) is 5.77. The lowest BCUT2D eigenvalue weighted by atomic mass is 10.1. The van der Waals surface area contributed by atoms with Crippen molar-refractivity contribution in [1.82, 2.24) is 10.4 Å². The molecule has 5 nitrogen and oxygen atoms in total. The minimum atomic E-state index is -0.182. The standard InChI is InChI=1S/C18H20N4O/c23-18(16-6-10-19-11-7-16)21-20-17-8-12-22(13-9-17)14-15-4-2-1-3-5-15/h1-7,10-11H,8-9,12-14H2,(H,21,23)/p+1. The van der Waals surface area contributed by atoms with E-state index in [-0.39, 0.29) is 5.91 Å². The number of piperidine rings is 1. The van der Waals surface area contributed by atoms with Gasteiger partial charge in [-0.15, -0.1) is 0 Å². The Morgan fingerprint density at radius 3 is 2.48 bits per heavy atom. The molecule has 1 aromatic heterocycles. The van der Waals surface area contributed by atoms with Crippen LogP contribution in [0.1, 0.15) is 28.8 Å². The monoisotopic (exact) mass is 309 g/mol. The summed E-state index contributed by atoms with van der Waals surface area (Å²) in [6.07, 6.45) is 5.07. The molecule has 2 heterocycles. The van der Waals surface area contributed by atoms with E-state index in [1.54, 1.807) is 29.4 Å². The fourth-order valence-corrected chi connectivity index (χ4v) is 2.76. The van der Waals surface area contributed by atoms with Crippen LogP contribution < -0.4 is 10.3 Å². The van der Waals surface area contributed by atoms with Crippen LogP contribution in [0.4, 0.5) is 0 Å². The van der Waals surface area contributed by atoms with Crippen molar-refractivity contribution in [2.45, 2.75) is 19.4 Å². The number of quaternary nitrogens is 1. The molecule has 0 bridgehead atoms. The van der Waals surface area contributed by atoms with Gasteiger partial charge in [-0.25, -0.2) is 5.43 Å². The average Bonchev–Trinajstić information content (AvgIpc) is 2.62. The Labute approximate surface area is 136 Å². The minimum Gasteiger partial charge on any atom is -0.331 e. The van der Waals surface area contributed by atoms with Gasteiger partial charge in [-0.1, -0.05) is 30.3 Å². The third-order valence-electron chi connectivity index (χ3n) is 4.09.